The van der Waals surface area contributed by atoms with Crippen LogP contribution >= 0.6 is 27.7 Å². The molecule has 180 valence electrons. The second kappa shape index (κ2) is 9.00. The van der Waals surface area contributed by atoms with E-state index in [2.05, 4.69) is 26.3 Å². The number of carboxylic acid groups (broad SMARTS) is 1. The lowest BCUT2D eigenvalue weighted by Crippen LogP contribution is -2.71. The van der Waals surface area contributed by atoms with Crippen LogP contribution in [0.2, 0.25) is 0 Å². The lowest BCUT2D eigenvalue weighted by molar-refractivity contribution is -0.151. The molecule has 15 heteroatoms. The number of rotatable bonds is 6. The van der Waals surface area contributed by atoms with Crippen molar-refractivity contribution in [1.82, 2.24) is 20.0 Å². The molecule has 2 N–H and O–H groups in total. The Morgan fingerprint density at radius 2 is 2.03 bits per heavy atom. The number of fused-ring (bicyclic) bond motifs is 1. The molecule has 3 heterocycles. The van der Waals surface area contributed by atoms with Crippen LogP contribution in [0.25, 0.3) is 0 Å². The molecule has 1 aromatic heterocycles. The molecule has 10 nitrogen and oxygen atoms in total. The van der Waals surface area contributed by atoms with Gasteiger partial charge >= 0.3 is 18.1 Å². The van der Waals surface area contributed by atoms with Crippen LogP contribution in [0.4, 0.5) is 13.2 Å². The van der Waals surface area contributed by atoms with Crippen LogP contribution in [-0.4, -0.2) is 67.3 Å². The van der Waals surface area contributed by atoms with Crippen molar-refractivity contribution >= 4 is 51.4 Å². The number of nitrogens with one attached hydrogen (secondary N) is 1. The summed E-state index contributed by atoms with van der Waals surface area (Å²) in [5.74, 6) is -3.30. The summed E-state index contributed by atoms with van der Waals surface area (Å²) in [5.41, 5.74) is -1.18. The SMILES string of the molecule is CC(=O)OCC1=C(C(=O)O)N2C(=O)[C@H](NC(=O)[C@@H](C)n3nc(C(F)(F)F)c(Br)c3C)[C@H]2SC1. The van der Waals surface area contributed by atoms with Crippen molar-refractivity contribution in [3.63, 3.8) is 0 Å². The average Bonchev–Trinajstić information content (AvgIpc) is 3.03. The zero-order chi connectivity index (χ0) is 24.8. The van der Waals surface area contributed by atoms with Gasteiger partial charge in [0.2, 0.25) is 5.91 Å². The molecule has 0 spiro atoms. The minimum atomic E-state index is -4.72. The number of β-lactam (4-membered cyclic amide) rings is 1. The van der Waals surface area contributed by atoms with Crippen LogP contribution < -0.4 is 5.32 Å². The van der Waals surface area contributed by atoms with E-state index >= 15 is 0 Å². The third-order valence-electron chi connectivity index (χ3n) is 5.09. The van der Waals surface area contributed by atoms with Crippen molar-refractivity contribution in [2.24, 2.45) is 0 Å². The summed E-state index contributed by atoms with van der Waals surface area (Å²) in [5, 5.41) is 14.8. The van der Waals surface area contributed by atoms with E-state index in [4.69, 9.17) is 4.74 Å². The summed E-state index contributed by atoms with van der Waals surface area (Å²) in [4.78, 5) is 49.1. The topological polar surface area (TPSA) is 131 Å². The van der Waals surface area contributed by atoms with Gasteiger partial charge in [-0.2, -0.15) is 18.3 Å². The second-order valence-corrected chi connectivity index (χ2v) is 9.20. The van der Waals surface area contributed by atoms with Crippen LogP contribution in [0.1, 0.15) is 31.3 Å². The maximum absolute atomic E-state index is 13.1. The first kappa shape index (κ1) is 25.1. The molecule has 2 amide bonds. The van der Waals surface area contributed by atoms with Crippen LogP contribution in [0, 0.1) is 6.92 Å². The highest BCUT2D eigenvalue weighted by Gasteiger charge is 2.54. The van der Waals surface area contributed by atoms with E-state index in [1.807, 2.05) is 0 Å². The highest BCUT2D eigenvalue weighted by atomic mass is 79.9. The first-order valence-corrected chi connectivity index (χ1v) is 11.2. The lowest BCUT2D eigenvalue weighted by Gasteiger charge is -2.49. The Balaban J connectivity index is 1.76. The Morgan fingerprint density at radius 3 is 2.55 bits per heavy atom. The first-order chi connectivity index (χ1) is 15.3. The number of aromatic nitrogens is 2. The number of carboxylic acids is 1. The molecule has 0 aliphatic carbocycles. The number of amides is 2. The molecule has 0 bridgehead atoms. The monoisotopic (exact) mass is 554 g/mol. The second-order valence-electron chi connectivity index (χ2n) is 7.30. The Morgan fingerprint density at radius 1 is 1.39 bits per heavy atom. The predicted octanol–water partition coefficient (Wildman–Crippen LogP) is 1.84. The number of halogens is 4. The average molecular weight is 555 g/mol. The number of hydrogen-bond acceptors (Lipinski definition) is 7. The molecule has 1 aromatic rings. The van der Waals surface area contributed by atoms with Gasteiger partial charge in [0.05, 0.1) is 10.2 Å². The van der Waals surface area contributed by atoms with E-state index in [1.165, 1.54) is 32.5 Å². The molecule has 0 radical (unpaired) electrons. The van der Waals surface area contributed by atoms with Gasteiger partial charge in [-0.3, -0.25) is 24.0 Å². The van der Waals surface area contributed by atoms with Crippen molar-refractivity contribution < 1.29 is 42.2 Å². The number of carbonyl (C=O) groups excluding carboxylic acids is 3. The van der Waals surface area contributed by atoms with Crippen molar-refractivity contribution in [2.45, 2.75) is 44.4 Å². The predicted molar refractivity (Wildman–Crippen MR) is 111 cm³/mol. The molecule has 33 heavy (non-hydrogen) atoms. The highest BCUT2D eigenvalue weighted by molar-refractivity contribution is 9.10. The van der Waals surface area contributed by atoms with Gasteiger partial charge in [-0.1, -0.05) is 0 Å². The molecular formula is C18H18BrF3N4O6S. The fraction of sp³-hybridized carbons (Fsp3) is 0.500. The van der Waals surface area contributed by atoms with E-state index in [0.717, 1.165) is 9.58 Å². The largest absolute Gasteiger partial charge is 0.477 e. The highest BCUT2D eigenvalue weighted by Crippen LogP contribution is 2.41. The number of nitrogens with zero attached hydrogens (tertiary/aromatic N) is 3. The van der Waals surface area contributed by atoms with Gasteiger partial charge in [0.1, 0.15) is 29.8 Å². The van der Waals surface area contributed by atoms with Crippen LogP contribution in [-0.2, 0) is 30.1 Å². The summed E-state index contributed by atoms with van der Waals surface area (Å²) >= 11 is 4.01. The number of carbonyl (C=O) groups is 4. The third kappa shape index (κ3) is 4.60. The maximum atomic E-state index is 13.1. The van der Waals surface area contributed by atoms with Gasteiger partial charge in [-0.05, 0) is 29.8 Å². The van der Waals surface area contributed by atoms with E-state index < -0.39 is 53.1 Å². The summed E-state index contributed by atoms with van der Waals surface area (Å²) < 4.78 is 44.8. The van der Waals surface area contributed by atoms with Gasteiger partial charge in [-0.25, -0.2) is 4.79 Å². The van der Waals surface area contributed by atoms with E-state index in [1.54, 1.807) is 0 Å². The minimum absolute atomic E-state index is 0.0739. The molecule has 2 aliphatic rings. The van der Waals surface area contributed by atoms with Gasteiger partial charge < -0.3 is 15.2 Å². The van der Waals surface area contributed by atoms with Crippen molar-refractivity contribution in [2.75, 3.05) is 12.4 Å². The fourth-order valence-corrected chi connectivity index (χ4v) is 5.24. The lowest BCUT2D eigenvalue weighted by atomic mass is 10.0. The van der Waals surface area contributed by atoms with Gasteiger partial charge in [0.15, 0.2) is 5.69 Å². The molecule has 3 atom stereocenters. The van der Waals surface area contributed by atoms with Crippen LogP contribution in [0.5, 0.6) is 0 Å². The maximum Gasteiger partial charge on any atom is 0.436 e. The molecule has 0 aromatic carbocycles. The summed E-state index contributed by atoms with van der Waals surface area (Å²) in [6, 6.07) is -2.25. The summed E-state index contributed by atoms with van der Waals surface area (Å²) in [7, 11) is 0. The van der Waals surface area contributed by atoms with Gasteiger partial charge in [0.25, 0.3) is 5.91 Å². The Hall–Kier alpha value is -2.55. The number of ether oxygens (including phenoxy) is 1. The normalized spacial score (nSPS) is 21.3. The quantitative estimate of drug-likeness (QED) is 0.402. The van der Waals surface area contributed by atoms with Crippen molar-refractivity contribution in [3.8, 4) is 0 Å². The van der Waals surface area contributed by atoms with Crippen LogP contribution in [0.15, 0.2) is 15.7 Å². The smallest absolute Gasteiger partial charge is 0.436 e. The zero-order valence-corrected chi connectivity index (χ0v) is 19.8. The standard InChI is InChI=1S/C18H18BrF3N4O6S/c1-6-10(19)13(18(20,21)22)24-26(6)7(2)14(28)23-11-15(29)25-12(17(30)31)9(4-32-8(3)27)5-33-16(11)25/h7,11,16H,4-5H2,1-3H3,(H,23,28)(H,30,31)/t7-,11+,16-/m1/s1. The molecule has 2 aliphatic heterocycles. The van der Waals surface area contributed by atoms with Gasteiger partial charge in [-0.15, -0.1) is 11.8 Å². The minimum Gasteiger partial charge on any atom is -0.477 e. The first-order valence-electron chi connectivity index (χ1n) is 9.41. The Labute approximate surface area is 197 Å². The third-order valence-corrected chi connectivity index (χ3v) is 7.38. The number of thioether (sulfide) groups is 1. The fourth-order valence-electron chi connectivity index (χ4n) is 3.42. The molecule has 0 saturated carbocycles. The molecule has 3 rings (SSSR count). The molecular weight excluding hydrogens is 537 g/mol. The number of aliphatic carboxylic acids is 1. The van der Waals surface area contributed by atoms with Crippen LogP contribution in [0.3, 0.4) is 0 Å². The van der Waals surface area contributed by atoms with Crippen molar-refractivity contribution in [3.05, 3.63) is 27.1 Å². The van der Waals surface area contributed by atoms with Gasteiger partial charge in [0, 0.05) is 18.2 Å². The number of alkyl halides is 3. The summed E-state index contributed by atoms with van der Waals surface area (Å²) in [6.07, 6.45) is -4.72. The van der Waals surface area contributed by atoms with E-state index in [0.29, 0.717) is 0 Å². The molecule has 0 unspecified atom stereocenters. The Kier molecular flexibility index (Phi) is 6.84. The van der Waals surface area contributed by atoms with Crippen molar-refractivity contribution in [1.29, 1.82) is 0 Å². The van der Waals surface area contributed by atoms with E-state index in [-0.39, 0.29) is 33.8 Å². The molecule has 1 fully saturated rings. The number of hydrogen-bond donors (Lipinski definition) is 2. The Bertz CT molecular complexity index is 1070. The van der Waals surface area contributed by atoms with E-state index in [9.17, 15) is 37.5 Å². The zero-order valence-electron chi connectivity index (χ0n) is 17.4. The molecule has 1 saturated heterocycles. The number of esters is 1. The summed E-state index contributed by atoms with van der Waals surface area (Å²) in [6.45, 7) is 3.57.